The minimum absolute atomic E-state index is 0.147. The highest BCUT2D eigenvalue weighted by molar-refractivity contribution is 5.92. The number of hydrogen-bond donors (Lipinski definition) is 2. The van der Waals surface area contributed by atoms with Crippen LogP contribution in [0.15, 0.2) is 54.6 Å². The molecule has 2 rings (SSSR count). The second-order valence-electron chi connectivity index (χ2n) is 4.40. The number of halogens is 1. The van der Waals surface area contributed by atoms with Crippen molar-refractivity contribution in [3.63, 3.8) is 0 Å². The van der Waals surface area contributed by atoms with Crippen LogP contribution in [-0.2, 0) is 4.79 Å². The van der Waals surface area contributed by atoms with E-state index < -0.39 is 0 Å². The Hall–Kier alpha value is -2.40. The molecule has 0 saturated heterocycles. The fourth-order valence-electron chi connectivity index (χ4n) is 1.73. The van der Waals surface area contributed by atoms with E-state index in [1.54, 1.807) is 12.1 Å². The standard InChI is InChI=1S/C16H17FN2O2/c17-13-5-4-6-14(11-13)19-16(20)12-18-9-10-21-15-7-2-1-3-8-15/h1-8,11,18H,9-10,12H2,(H,19,20). The van der Waals surface area contributed by atoms with Crippen molar-refractivity contribution in [2.24, 2.45) is 0 Å². The molecule has 0 aromatic heterocycles. The highest BCUT2D eigenvalue weighted by Gasteiger charge is 2.02. The summed E-state index contributed by atoms with van der Waals surface area (Å²) in [6.45, 7) is 1.16. The quantitative estimate of drug-likeness (QED) is 0.769. The molecular weight excluding hydrogens is 271 g/mol. The van der Waals surface area contributed by atoms with E-state index in [2.05, 4.69) is 10.6 Å². The van der Waals surface area contributed by atoms with Gasteiger partial charge < -0.3 is 15.4 Å². The molecule has 1 amide bonds. The largest absolute Gasteiger partial charge is 0.492 e. The fourth-order valence-corrected chi connectivity index (χ4v) is 1.73. The second-order valence-corrected chi connectivity index (χ2v) is 4.40. The van der Waals surface area contributed by atoms with Crippen molar-refractivity contribution in [2.45, 2.75) is 0 Å². The van der Waals surface area contributed by atoms with E-state index in [-0.39, 0.29) is 18.3 Å². The third kappa shape index (κ3) is 5.62. The zero-order valence-electron chi connectivity index (χ0n) is 11.5. The van der Waals surface area contributed by atoms with Gasteiger partial charge in [-0.3, -0.25) is 4.79 Å². The summed E-state index contributed by atoms with van der Waals surface area (Å²) in [5.74, 6) is 0.195. The van der Waals surface area contributed by atoms with Crippen LogP contribution in [0.25, 0.3) is 0 Å². The van der Waals surface area contributed by atoms with E-state index in [9.17, 15) is 9.18 Å². The number of rotatable bonds is 7. The van der Waals surface area contributed by atoms with Crippen LogP contribution in [0.3, 0.4) is 0 Å². The number of anilines is 1. The van der Waals surface area contributed by atoms with E-state index >= 15 is 0 Å². The van der Waals surface area contributed by atoms with Crippen LogP contribution in [0.1, 0.15) is 0 Å². The molecule has 2 aromatic carbocycles. The van der Waals surface area contributed by atoms with E-state index in [1.165, 1.54) is 12.1 Å². The molecule has 0 aliphatic rings. The maximum absolute atomic E-state index is 12.9. The summed E-state index contributed by atoms with van der Waals surface area (Å²) < 4.78 is 18.4. The number of ether oxygens (including phenoxy) is 1. The molecule has 5 heteroatoms. The first-order chi connectivity index (χ1) is 10.2. The Balaban J connectivity index is 1.61. The van der Waals surface area contributed by atoms with Gasteiger partial charge in [-0.1, -0.05) is 24.3 Å². The molecule has 0 aliphatic carbocycles. The van der Waals surface area contributed by atoms with Gasteiger partial charge in [0.15, 0.2) is 0 Å². The molecule has 4 nitrogen and oxygen atoms in total. The Kier molecular flexibility index (Phi) is 5.72. The molecular formula is C16H17FN2O2. The number of carbonyl (C=O) groups excluding carboxylic acids is 1. The van der Waals surface area contributed by atoms with E-state index in [1.807, 2.05) is 30.3 Å². The lowest BCUT2D eigenvalue weighted by molar-refractivity contribution is -0.115. The predicted molar refractivity (Wildman–Crippen MR) is 79.8 cm³/mol. The van der Waals surface area contributed by atoms with Gasteiger partial charge in [0, 0.05) is 12.2 Å². The maximum Gasteiger partial charge on any atom is 0.238 e. The minimum Gasteiger partial charge on any atom is -0.492 e. The topological polar surface area (TPSA) is 50.4 Å². The van der Waals surface area contributed by atoms with Crippen molar-refractivity contribution in [2.75, 3.05) is 25.0 Å². The fraction of sp³-hybridized carbons (Fsp3) is 0.188. The lowest BCUT2D eigenvalue weighted by Gasteiger charge is -2.08. The molecule has 21 heavy (non-hydrogen) atoms. The van der Waals surface area contributed by atoms with Crippen molar-refractivity contribution in [1.82, 2.24) is 5.32 Å². The first-order valence-electron chi connectivity index (χ1n) is 6.68. The minimum atomic E-state index is -0.378. The molecule has 0 fully saturated rings. The SMILES string of the molecule is O=C(CNCCOc1ccccc1)Nc1cccc(F)c1. The number of carbonyl (C=O) groups is 1. The number of para-hydroxylation sites is 1. The molecule has 0 heterocycles. The highest BCUT2D eigenvalue weighted by atomic mass is 19.1. The molecule has 2 N–H and O–H groups in total. The second kappa shape index (κ2) is 8.01. The van der Waals surface area contributed by atoms with Crippen LogP contribution < -0.4 is 15.4 Å². The molecule has 0 spiro atoms. The van der Waals surface area contributed by atoms with Gasteiger partial charge in [0.25, 0.3) is 0 Å². The third-order valence-electron chi connectivity index (χ3n) is 2.68. The van der Waals surface area contributed by atoms with E-state index in [4.69, 9.17) is 4.74 Å². The Morgan fingerprint density at radius 3 is 2.67 bits per heavy atom. The molecule has 0 aliphatic heterocycles. The predicted octanol–water partition coefficient (Wildman–Crippen LogP) is 2.43. The van der Waals surface area contributed by atoms with Crippen molar-refractivity contribution in [1.29, 1.82) is 0 Å². The van der Waals surface area contributed by atoms with Gasteiger partial charge in [0.1, 0.15) is 18.2 Å². The van der Waals surface area contributed by atoms with Crippen molar-refractivity contribution < 1.29 is 13.9 Å². The number of nitrogens with one attached hydrogen (secondary N) is 2. The monoisotopic (exact) mass is 288 g/mol. The van der Waals surface area contributed by atoms with Crippen LogP contribution in [0.2, 0.25) is 0 Å². The molecule has 0 bridgehead atoms. The average molecular weight is 288 g/mol. The number of hydrogen-bond acceptors (Lipinski definition) is 3. The van der Waals surface area contributed by atoms with Crippen LogP contribution in [0.5, 0.6) is 5.75 Å². The van der Waals surface area contributed by atoms with Gasteiger partial charge in [0.2, 0.25) is 5.91 Å². The third-order valence-corrected chi connectivity index (χ3v) is 2.68. The van der Waals surface area contributed by atoms with Crippen LogP contribution in [0.4, 0.5) is 10.1 Å². The van der Waals surface area contributed by atoms with Gasteiger partial charge in [-0.25, -0.2) is 4.39 Å². The van der Waals surface area contributed by atoms with Crippen LogP contribution in [-0.4, -0.2) is 25.6 Å². The van der Waals surface area contributed by atoms with Crippen molar-refractivity contribution in [3.8, 4) is 5.75 Å². The molecule has 110 valence electrons. The average Bonchev–Trinajstić information content (AvgIpc) is 2.48. The van der Waals surface area contributed by atoms with E-state index in [0.717, 1.165) is 5.75 Å². The molecule has 0 saturated carbocycles. The van der Waals surface area contributed by atoms with Crippen molar-refractivity contribution in [3.05, 3.63) is 60.4 Å². The Morgan fingerprint density at radius 1 is 1.10 bits per heavy atom. The van der Waals surface area contributed by atoms with Crippen LogP contribution in [0, 0.1) is 5.82 Å². The normalized spacial score (nSPS) is 10.1. The zero-order chi connectivity index (χ0) is 14.9. The Bertz CT molecular complexity index is 575. The van der Waals surface area contributed by atoms with Gasteiger partial charge >= 0.3 is 0 Å². The molecule has 0 atom stereocenters. The maximum atomic E-state index is 12.9. The van der Waals surface area contributed by atoms with Gasteiger partial charge in [-0.05, 0) is 30.3 Å². The molecule has 0 unspecified atom stereocenters. The first-order valence-corrected chi connectivity index (χ1v) is 6.68. The summed E-state index contributed by atoms with van der Waals surface area (Å²) in [4.78, 5) is 11.6. The number of amides is 1. The molecule has 2 aromatic rings. The molecule has 0 radical (unpaired) electrons. The van der Waals surface area contributed by atoms with Gasteiger partial charge in [-0.2, -0.15) is 0 Å². The highest BCUT2D eigenvalue weighted by Crippen LogP contribution is 2.08. The summed E-state index contributed by atoms with van der Waals surface area (Å²) in [6.07, 6.45) is 0. The lowest BCUT2D eigenvalue weighted by Crippen LogP contribution is -2.31. The van der Waals surface area contributed by atoms with E-state index in [0.29, 0.717) is 18.8 Å². The van der Waals surface area contributed by atoms with Gasteiger partial charge in [0.05, 0.1) is 6.54 Å². The zero-order valence-corrected chi connectivity index (χ0v) is 11.5. The summed E-state index contributed by atoms with van der Waals surface area (Å²) >= 11 is 0. The Morgan fingerprint density at radius 2 is 1.90 bits per heavy atom. The van der Waals surface area contributed by atoms with Gasteiger partial charge in [-0.15, -0.1) is 0 Å². The first kappa shape index (κ1) is 15.0. The summed E-state index contributed by atoms with van der Waals surface area (Å²) in [5, 5.41) is 5.57. The lowest BCUT2D eigenvalue weighted by atomic mass is 10.3. The smallest absolute Gasteiger partial charge is 0.238 e. The van der Waals surface area contributed by atoms with Crippen molar-refractivity contribution >= 4 is 11.6 Å². The van der Waals surface area contributed by atoms with Crippen LogP contribution >= 0.6 is 0 Å². The number of benzene rings is 2. The summed E-state index contributed by atoms with van der Waals surface area (Å²) in [6, 6.07) is 15.2. The summed E-state index contributed by atoms with van der Waals surface area (Å²) in [5.41, 5.74) is 0.447. The Labute approximate surface area is 122 Å². The summed E-state index contributed by atoms with van der Waals surface area (Å²) in [7, 11) is 0.